The number of imidazole rings is 1. The number of hydrogen-bond acceptors (Lipinski definition) is 5. The minimum atomic E-state index is -0.451. The number of anilines is 3. The van der Waals surface area contributed by atoms with Gasteiger partial charge in [0.15, 0.2) is 0 Å². The van der Waals surface area contributed by atoms with E-state index in [2.05, 4.69) is 10.3 Å². The Morgan fingerprint density at radius 2 is 2.16 bits per heavy atom. The van der Waals surface area contributed by atoms with E-state index in [0.29, 0.717) is 17.9 Å². The Morgan fingerprint density at radius 3 is 2.92 bits per heavy atom. The van der Waals surface area contributed by atoms with Crippen LogP contribution >= 0.6 is 0 Å². The first kappa shape index (κ1) is 15.1. The third-order valence-electron chi connectivity index (χ3n) is 4.30. The van der Waals surface area contributed by atoms with Crippen LogP contribution in [-0.4, -0.2) is 26.8 Å². The predicted octanol–water partition coefficient (Wildman–Crippen LogP) is 2.90. The van der Waals surface area contributed by atoms with Crippen molar-refractivity contribution < 1.29 is 9.72 Å². The average molecular weight is 337 g/mol. The highest BCUT2D eigenvalue weighted by atomic mass is 16.6. The summed E-state index contributed by atoms with van der Waals surface area (Å²) in [5.41, 5.74) is 3.13. The number of rotatable bonds is 3. The molecule has 0 bridgehead atoms. The lowest BCUT2D eigenvalue weighted by molar-refractivity contribution is -0.389. The summed E-state index contributed by atoms with van der Waals surface area (Å²) < 4.78 is 1.44. The fraction of sp³-hybridized carbons (Fsp3) is 0.176. The summed E-state index contributed by atoms with van der Waals surface area (Å²) in [4.78, 5) is 28.7. The van der Waals surface area contributed by atoms with Crippen LogP contribution in [0.5, 0.6) is 0 Å². The van der Waals surface area contributed by atoms with Gasteiger partial charge in [0.2, 0.25) is 17.4 Å². The number of fused-ring (bicyclic) bond motifs is 2. The topological polar surface area (TPSA) is 92.8 Å². The van der Waals surface area contributed by atoms with Gasteiger partial charge in [-0.3, -0.25) is 4.79 Å². The van der Waals surface area contributed by atoms with Crippen LogP contribution in [-0.2, 0) is 11.2 Å². The van der Waals surface area contributed by atoms with Gasteiger partial charge in [-0.15, -0.1) is 0 Å². The van der Waals surface area contributed by atoms with Gasteiger partial charge in [-0.2, -0.15) is 9.38 Å². The molecule has 0 unspecified atom stereocenters. The summed E-state index contributed by atoms with van der Waals surface area (Å²) in [6, 6.07) is 10.8. The second kappa shape index (κ2) is 5.59. The van der Waals surface area contributed by atoms with Crippen molar-refractivity contribution in [2.24, 2.45) is 0 Å². The van der Waals surface area contributed by atoms with Crippen molar-refractivity contribution in [2.45, 2.75) is 13.3 Å². The zero-order valence-electron chi connectivity index (χ0n) is 13.5. The van der Waals surface area contributed by atoms with Crippen molar-refractivity contribution in [3.8, 4) is 0 Å². The first-order chi connectivity index (χ1) is 12.0. The number of nitrogens with zero attached hydrogens (tertiary/aromatic N) is 4. The quantitative estimate of drug-likeness (QED) is 0.586. The molecule has 25 heavy (non-hydrogen) atoms. The van der Waals surface area contributed by atoms with E-state index in [-0.39, 0.29) is 17.5 Å². The smallest absolute Gasteiger partial charge is 0.358 e. The van der Waals surface area contributed by atoms with Crippen LogP contribution in [0.25, 0.3) is 5.65 Å². The molecule has 1 aliphatic heterocycles. The van der Waals surface area contributed by atoms with E-state index in [1.54, 1.807) is 42.3 Å². The zero-order chi connectivity index (χ0) is 17.6. The third kappa shape index (κ3) is 2.47. The van der Waals surface area contributed by atoms with E-state index in [4.69, 9.17) is 0 Å². The van der Waals surface area contributed by atoms with Gasteiger partial charge in [0, 0.05) is 30.9 Å². The number of hydrogen-bond donors (Lipinski definition) is 1. The first-order valence-corrected chi connectivity index (χ1v) is 7.84. The Bertz CT molecular complexity index is 1010. The molecule has 126 valence electrons. The summed E-state index contributed by atoms with van der Waals surface area (Å²) in [7, 11) is 0. The number of nitrogens with one attached hydrogen (secondary N) is 1. The lowest BCUT2D eigenvalue weighted by atomic mass is 10.1. The van der Waals surface area contributed by atoms with Crippen molar-refractivity contribution in [2.75, 3.05) is 16.8 Å². The molecule has 3 aromatic rings. The molecule has 1 N–H and O–H groups in total. The normalized spacial score (nSPS) is 13.1. The van der Waals surface area contributed by atoms with Crippen molar-refractivity contribution >= 4 is 34.6 Å². The number of nitro groups is 1. The molecule has 4 rings (SSSR count). The lowest BCUT2D eigenvalue weighted by Crippen LogP contribution is -2.25. The molecule has 0 saturated heterocycles. The van der Waals surface area contributed by atoms with Crippen LogP contribution in [0.3, 0.4) is 0 Å². The molecule has 1 aliphatic rings. The number of amides is 1. The number of carbonyl (C=O) groups is 1. The molecule has 2 aromatic heterocycles. The molecule has 0 atom stereocenters. The van der Waals surface area contributed by atoms with Gasteiger partial charge in [0.05, 0.1) is 6.20 Å². The number of benzene rings is 1. The minimum Gasteiger partial charge on any atom is -0.358 e. The van der Waals surface area contributed by atoms with Gasteiger partial charge < -0.3 is 20.3 Å². The molecule has 1 aromatic carbocycles. The molecule has 3 heterocycles. The Morgan fingerprint density at radius 1 is 1.32 bits per heavy atom. The maximum Gasteiger partial charge on any atom is 0.372 e. The summed E-state index contributed by atoms with van der Waals surface area (Å²) in [5.74, 6) is 0.0921. The van der Waals surface area contributed by atoms with Crippen molar-refractivity contribution in [1.29, 1.82) is 0 Å². The molecule has 0 saturated carbocycles. The standard InChI is InChI=1S/C17H15N5O3/c1-11(23)20-9-7-12-10-13(5-6-14(12)20)18-16-17(22(24)25)21-8-3-2-4-15(21)19-16/h2-6,8,10,18H,7,9H2,1H3. The highest BCUT2D eigenvalue weighted by Crippen LogP contribution is 2.33. The Labute approximate surface area is 142 Å². The molecular weight excluding hydrogens is 322 g/mol. The number of aromatic nitrogens is 2. The largest absolute Gasteiger partial charge is 0.372 e. The molecule has 0 fully saturated rings. The maximum absolute atomic E-state index is 11.6. The Balaban J connectivity index is 1.72. The van der Waals surface area contributed by atoms with Gasteiger partial charge in [-0.25, -0.2) is 0 Å². The van der Waals surface area contributed by atoms with E-state index in [9.17, 15) is 14.9 Å². The van der Waals surface area contributed by atoms with E-state index >= 15 is 0 Å². The van der Waals surface area contributed by atoms with Gasteiger partial charge in [-0.1, -0.05) is 6.07 Å². The second-order valence-corrected chi connectivity index (χ2v) is 5.86. The lowest BCUT2D eigenvalue weighted by Gasteiger charge is -2.15. The van der Waals surface area contributed by atoms with E-state index in [0.717, 1.165) is 17.7 Å². The van der Waals surface area contributed by atoms with Crippen LogP contribution in [0.1, 0.15) is 12.5 Å². The highest BCUT2D eigenvalue weighted by molar-refractivity contribution is 5.94. The molecule has 0 aliphatic carbocycles. The van der Waals surface area contributed by atoms with Crippen LogP contribution in [0, 0.1) is 10.1 Å². The van der Waals surface area contributed by atoms with Gasteiger partial charge in [0.25, 0.3) is 0 Å². The molecule has 0 radical (unpaired) electrons. The monoisotopic (exact) mass is 337 g/mol. The molecule has 8 heteroatoms. The van der Waals surface area contributed by atoms with Crippen LogP contribution in [0.15, 0.2) is 42.6 Å². The molecule has 8 nitrogen and oxygen atoms in total. The first-order valence-electron chi connectivity index (χ1n) is 7.84. The van der Waals surface area contributed by atoms with Gasteiger partial charge in [0.1, 0.15) is 0 Å². The van der Waals surface area contributed by atoms with E-state index in [1.807, 2.05) is 12.1 Å². The van der Waals surface area contributed by atoms with Crippen molar-refractivity contribution in [1.82, 2.24) is 9.38 Å². The number of carbonyl (C=O) groups excluding carboxylic acids is 1. The fourth-order valence-corrected chi connectivity index (χ4v) is 3.18. The van der Waals surface area contributed by atoms with Crippen molar-refractivity contribution in [3.63, 3.8) is 0 Å². The summed E-state index contributed by atoms with van der Waals surface area (Å²) >= 11 is 0. The van der Waals surface area contributed by atoms with Crippen LogP contribution in [0.4, 0.5) is 23.0 Å². The van der Waals surface area contributed by atoms with Gasteiger partial charge in [-0.05, 0) is 41.2 Å². The highest BCUT2D eigenvalue weighted by Gasteiger charge is 2.25. The zero-order valence-corrected chi connectivity index (χ0v) is 13.5. The Hall–Kier alpha value is -3.42. The summed E-state index contributed by atoms with van der Waals surface area (Å²) in [6.45, 7) is 2.20. The number of pyridine rings is 1. The van der Waals surface area contributed by atoms with Gasteiger partial charge >= 0.3 is 5.82 Å². The van der Waals surface area contributed by atoms with Crippen molar-refractivity contribution in [3.05, 3.63) is 58.3 Å². The minimum absolute atomic E-state index is 0.00967. The van der Waals surface area contributed by atoms with Crippen LogP contribution in [0.2, 0.25) is 0 Å². The predicted molar refractivity (Wildman–Crippen MR) is 93.3 cm³/mol. The summed E-state index contributed by atoms with van der Waals surface area (Å²) in [6.07, 6.45) is 2.37. The van der Waals surface area contributed by atoms with Crippen LogP contribution < -0.4 is 10.2 Å². The maximum atomic E-state index is 11.6. The SMILES string of the molecule is CC(=O)N1CCc2cc(Nc3nc4ccccn4c3[N+](=O)[O-])ccc21. The van der Waals surface area contributed by atoms with E-state index < -0.39 is 4.92 Å². The fourth-order valence-electron chi connectivity index (χ4n) is 3.18. The second-order valence-electron chi connectivity index (χ2n) is 5.86. The third-order valence-corrected chi connectivity index (χ3v) is 4.30. The molecule has 1 amide bonds. The Kier molecular flexibility index (Phi) is 3.38. The molecule has 0 spiro atoms. The van der Waals surface area contributed by atoms with E-state index in [1.165, 1.54) is 4.40 Å². The summed E-state index contributed by atoms with van der Waals surface area (Å²) in [5, 5.41) is 14.5. The average Bonchev–Trinajstić information content (AvgIpc) is 3.15. The molecular formula is C17H15N5O3.